The quantitative estimate of drug-likeness (QED) is 0.845. The van der Waals surface area contributed by atoms with Crippen molar-refractivity contribution in [2.24, 2.45) is 0 Å². The normalized spacial score (nSPS) is 17.9. The first kappa shape index (κ1) is 13.1. The van der Waals surface area contributed by atoms with Crippen LogP contribution in [0, 0.1) is 13.8 Å². The summed E-state index contributed by atoms with van der Waals surface area (Å²) in [6, 6.07) is 0.171. The lowest BCUT2D eigenvalue weighted by Crippen LogP contribution is -2.41. The van der Waals surface area contributed by atoms with Gasteiger partial charge in [0.25, 0.3) is 5.91 Å². The van der Waals surface area contributed by atoms with E-state index in [9.17, 15) is 4.79 Å². The van der Waals surface area contributed by atoms with Crippen LogP contribution in [0.1, 0.15) is 41.5 Å². The number of aromatic amines is 1. The molecule has 5 heteroatoms. The van der Waals surface area contributed by atoms with E-state index < -0.39 is 0 Å². The summed E-state index contributed by atoms with van der Waals surface area (Å²) < 4.78 is 0. The summed E-state index contributed by atoms with van der Waals surface area (Å²) in [5, 5.41) is 9.94. The first-order valence-corrected chi connectivity index (χ1v) is 6.62. The Hall–Kier alpha value is -1.36. The summed E-state index contributed by atoms with van der Waals surface area (Å²) >= 11 is 0. The van der Waals surface area contributed by atoms with Crippen LogP contribution in [0.15, 0.2) is 0 Å². The van der Waals surface area contributed by atoms with Crippen LogP contribution in [0.2, 0.25) is 0 Å². The van der Waals surface area contributed by atoms with Crippen molar-refractivity contribution in [1.29, 1.82) is 0 Å². The summed E-state index contributed by atoms with van der Waals surface area (Å²) in [4.78, 5) is 14.5. The van der Waals surface area contributed by atoms with Crippen LogP contribution in [-0.2, 0) is 0 Å². The van der Waals surface area contributed by atoms with Gasteiger partial charge in [0.2, 0.25) is 0 Å². The summed E-state index contributed by atoms with van der Waals surface area (Å²) in [6.07, 6.45) is 2.56. The Morgan fingerprint density at radius 2 is 2.11 bits per heavy atom. The molecule has 0 saturated carbocycles. The van der Waals surface area contributed by atoms with Crippen molar-refractivity contribution in [1.82, 2.24) is 20.4 Å². The minimum Gasteiger partial charge on any atom is -0.348 e. The smallest absolute Gasteiger partial charge is 0.255 e. The number of rotatable bonds is 4. The Kier molecular flexibility index (Phi) is 4.01. The Morgan fingerprint density at radius 1 is 1.44 bits per heavy atom. The van der Waals surface area contributed by atoms with Crippen LogP contribution in [0.3, 0.4) is 0 Å². The average molecular weight is 250 g/mol. The van der Waals surface area contributed by atoms with Crippen LogP contribution in [-0.4, -0.2) is 46.7 Å². The SMILES string of the molecule is Cc1n[nH]c(C)c1C(=O)NC(C)CN1CCCC1. The summed E-state index contributed by atoms with van der Waals surface area (Å²) in [5.41, 5.74) is 2.28. The molecule has 0 spiro atoms. The molecule has 2 heterocycles. The van der Waals surface area contributed by atoms with Gasteiger partial charge in [-0.05, 0) is 46.7 Å². The summed E-state index contributed by atoms with van der Waals surface area (Å²) in [5.74, 6) is -0.0227. The molecule has 2 rings (SSSR count). The zero-order chi connectivity index (χ0) is 13.1. The maximum absolute atomic E-state index is 12.1. The van der Waals surface area contributed by atoms with Gasteiger partial charge in [-0.2, -0.15) is 5.10 Å². The summed E-state index contributed by atoms with van der Waals surface area (Å²) in [6.45, 7) is 9.03. The second-order valence-corrected chi connectivity index (χ2v) is 5.19. The lowest BCUT2D eigenvalue weighted by atomic mass is 10.1. The fraction of sp³-hybridized carbons (Fsp3) is 0.692. The molecule has 2 N–H and O–H groups in total. The van der Waals surface area contributed by atoms with E-state index in [-0.39, 0.29) is 11.9 Å². The Balaban J connectivity index is 1.90. The molecule has 1 aliphatic rings. The van der Waals surface area contributed by atoms with Gasteiger partial charge in [-0.25, -0.2) is 0 Å². The highest BCUT2D eigenvalue weighted by atomic mass is 16.1. The zero-order valence-electron chi connectivity index (χ0n) is 11.4. The highest BCUT2D eigenvalue weighted by Gasteiger charge is 2.19. The molecule has 100 valence electrons. The number of amides is 1. The van der Waals surface area contributed by atoms with Crippen LogP contribution in [0.5, 0.6) is 0 Å². The minimum atomic E-state index is -0.0227. The maximum Gasteiger partial charge on any atom is 0.255 e. The Morgan fingerprint density at radius 3 is 2.67 bits per heavy atom. The van der Waals surface area contributed by atoms with Crippen molar-refractivity contribution in [2.75, 3.05) is 19.6 Å². The molecule has 1 fully saturated rings. The number of hydrogen-bond acceptors (Lipinski definition) is 3. The Bertz CT molecular complexity index is 401. The number of H-pyrrole nitrogens is 1. The fourth-order valence-electron chi connectivity index (χ4n) is 2.58. The molecule has 1 atom stereocenters. The number of hydrogen-bond donors (Lipinski definition) is 2. The van der Waals surface area contributed by atoms with Crippen molar-refractivity contribution in [2.45, 2.75) is 39.7 Å². The highest BCUT2D eigenvalue weighted by Crippen LogP contribution is 2.10. The largest absolute Gasteiger partial charge is 0.348 e. The number of aromatic nitrogens is 2. The van der Waals surface area contributed by atoms with Gasteiger partial charge in [-0.1, -0.05) is 0 Å². The van der Waals surface area contributed by atoms with Crippen molar-refractivity contribution < 1.29 is 4.79 Å². The molecule has 1 aromatic rings. The van der Waals surface area contributed by atoms with Gasteiger partial charge < -0.3 is 10.2 Å². The van der Waals surface area contributed by atoms with Gasteiger partial charge in [-0.3, -0.25) is 9.89 Å². The van der Waals surface area contributed by atoms with Crippen molar-refractivity contribution >= 4 is 5.91 Å². The molecular formula is C13H22N4O. The first-order valence-electron chi connectivity index (χ1n) is 6.62. The molecular weight excluding hydrogens is 228 g/mol. The van der Waals surface area contributed by atoms with Crippen LogP contribution >= 0.6 is 0 Å². The Labute approximate surface area is 108 Å². The molecule has 5 nitrogen and oxygen atoms in total. The number of carbonyl (C=O) groups is 1. The van der Waals surface area contributed by atoms with Gasteiger partial charge in [0, 0.05) is 18.3 Å². The van der Waals surface area contributed by atoms with Crippen molar-refractivity contribution in [3.05, 3.63) is 17.0 Å². The molecule has 0 radical (unpaired) electrons. The van der Waals surface area contributed by atoms with E-state index in [2.05, 4.69) is 27.3 Å². The maximum atomic E-state index is 12.1. The number of carbonyl (C=O) groups excluding carboxylic acids is 1. The van der Waals surface area contributed by atoms with Gasteiger partial charge in [-0.15, -0.1) is 0 Å². The van der Waals surface area contributed by atoms with E-state index in [4.69, 9.17) is 0 Å². The standard InChI is InChI=1S/C13H22N4O/c1-9(8-17-6-4-5-7-17)14-13(18)12-10(2)15-16-11(12)3/h9H,4-8H2,1-3H3,(H,14,18)(H,15,16). The lowest BCUT2D eigenvalue weighted by molar-refractivity contribution is 0.0931. The fourth-order valence-corrected chi connectivity index (χ4v) is 2.58. The third kappa shape index (κ3) is 2.90. The third-order valence-electron chi connectivity index (χ3n) is 3.46. The number of nitrogens with zero attached hydrogens (tertiary/aromatic N) is 2. The number of nitrogens with one attached hydrogen (secondary N) is 2. The van der Waals surface area contributed by atoms with E-state index in [1.54, 1.807) is 0 Å². The molecule has 0 aromatic carbocycles. The van der Waals surface area contributed by atoms with Crippen molar-refractivity contribution in [3.8, 4) is 0 Å². The van der Waals surface area contributed by atoms with Crippen molar-refractivity contribution in [3.63, 3.8) is 0 Å². The summed E-state index contributed by atoms with van der Waals surface area (Å²) in [7, 11) is 0. The van der Waals surface area contributed by atoms with E-state index >= 15 is 0 Å². The van der Waals surface area contributed by atoms with Gasteiger partial charge in [0.1, 0.15) is 0 Å². The number of aryl methyl sites for hydroxylation is 2. The van der Waals surface area contributed by atoms with E-state index in [0.717, 1.165) is 31.0 Å². The van der Waals surface area contributed by atoms with Gasteiger partial charge >= 0.3 is 0 Å². The molecule has 1 saturated heterocycles. The van der Waals surface area contributed by atoms with Crippen LogP contribution in [0.25, 0.3) is 0 Å². The molecule has 1 aliphatic heterocycles. The van der Waals surface area contributed by atoms with Crippen LogP contribution in [0.4, 0.5) is 0 Å². The predicted molar refractivity (Wildman–Crippen MR) is 70.7 cm³/mol. The zero-order valence-corrected chi connectivity index (χ0v) is 11.4. The number of likely N-dealkylation sites (tertiary alicyclic amines) is 1. The molecule has 0 aliphatic carbocycles. The second-order valence-electron chi connectivity index (χ2n) is 5.19. The van der Waals surface area contributed by atoms with Gasteiger partial charge in [0.15, 0.2) is 0 Å². The topological polar surface area (TPSA) is 61.0 Å². The minimum absolute atomic E-state index is 0.0227. The molecule has 1 aromatic heterocycles. The average Bonchev–Trinajstić information content (AvgIpc) is 2.89. The molecule has 18 heavy (non-hydrogen) atoms. The second kappa shape index (κ2) is 5.52. The van der Waals surface area contributed by atoms with Crippen LogP contribution < -0.4 is 5.32 Å². The highest BCUT2D eigenvalue weighted by molar-refractivity contribution is 5.96. The van der Waals surface area contributed by atoms with E-state index in [1.807, 2.05) is 13.8 Å². The molecule has 0 bridgehead atoms. The lowest BCUT2D eigenvalue weighted by Gasteiger charge is -2.21. The van der Waals surface area contributed by atoms with E-state index in [0.29, 0.717) is 5.56 Å². The monoisotopic (exact) mass is 250 g/mol. The first-order chi connectivity index (χ1) is 8.58. The molecule has 1 unspecified atom stereocenters. The molecule has 1 amide bonds. The van der Waals surface area contributed by atoms with E-state index in [1.165, 1.54) is 12.8 Å². The van der Waals surface area contributed by atoms with Gasteiger partial charge in [0.05, 0.1) is 11.3 Å². The predicted octanol–water partition coefficient (Wildman–Crippen LogP) is 1.24. The third-order valence-corrected chi connectivity index (χ3v) is 3.46.